The Hall–Kier alpha value is -0.800. The predicted molar refractivity (Wildman–Crippen MR) is 95.4 cm³/mol. The smallest absolute Gasteiger partial charge is 0.124 e. The predicted octanol–water partition coefficient (Wildman–Crippen LogP) is 2.79. The highest BCUT2D eigenvalue weighted by atomic mass is 33.6. The summed E-state index contributed by atoms with van der Waals surface area (Å²) in [7, 11) is 1.06. The first kappa shape index (κ1) is 16.1. The van der Waals surface area contributed by atoms with Gasteiger partial charge in [-0.05, 0) is 48.5 Å². The molecule has 8 heteroatoms. The molecule has 2 aromatic carbocycles. The van der Waals surface area contributed by atoms with Crippen LogP contribution in [0.2, 0.25) is 0 Å². The Morgan fingerprint density at radius 2 is 1.00 bits per heavy atom. The summed E-state index contributed by atoms with van der Waals surface area (Å²) in [6.45, 7) is 0. The number of hydrogen-bond donors (Lipinski definition) is 0. The van der Waals surface area contributed by atoms with E-state index in [4.69, 9.17) is 9.47 Å². The summed E-state index contributed by atoms with van der Waals surface area (Å²) in [5, 5.41) is 1.81. The maximum absolute atomic E-state index is 12.6. The van der Waals surface area contributed by atoms with Gasteiger partial charge in [-0.1, -0.05) is 0 Å². The third-order valence-electron chi connectivity index (χ3n) is 3.13. The lowest BCUT2D eigenvalue weighted by molar-refractivity contribution is 0.415. The Kier molecular flexibility index (Phi) is 4.94. The Labute approximate surface area is 135 Å². The average molecular weight is 372 g/mol. The molecule has 0 aromatic heterocycles. The fourth-order valence-electron chi connectivity index (χ4n) is 1.99. The summed E-state index contributed by atoms with van der Waals surface area (Å²) in [5.74, 6) is 1.49. The van der Waals surface area contributed by atoms with Crippen molar-refractivity contribution in [3.05, 3.63) is 48.5 Å². The van der Waals surface area contributed by atoms with Gasteiger partial charge < -0.3 is 9.47 Å². The van der Waals surface area contributed by atoms with Crippen LogP contribution in [0.25, 0.3) is 0 Å². The molecule has 0 atom stereocenters. The van der Waals surface area contributed by atoms with Crippen LogP contribution < -0.4 is 20.1 Å². The molecule has 0 radical (unpaired) electrons. The van der Waals surface area contributed by atoms with Gasteiger partial charge in [-0.2, -0.15) is 0 Å². The zero-order valence-corrected chi connectivity index (χ0v) is 15.4. The summed E-state index contributed by atoms with van der Waals surface area (Å²) >= 11 is 0. The van der Waals surface area contributed by atoms with E-state index in [0.717, 1.165) is 22.1 Å². The maximum atomic E-state index is 12.6. The van der Waals surface area contributed by atoms with E-state index in [2.05, 4.69) is 0 Å². The van der Waals surface area contributed by atoms with E-state index in [1.54, 1.807) is 14.2 Å². The lowest BCUT2D eigenvalue weighted by Crippen LogP contribution is -2.21. The van der Waals surface area contributed by atoms with Gasteiger partial charge in [-0.3, -0.25) is 0 Å². The minimum atomic E-state index is -1.12. The minimum Gasteiger partial charge on any atom is -0.497 e. The monoisotopic (exact) mass is 372 g/mol. The third-order valence-corrected chi connectivity index (χ3v) is 26.4. The zero-order valence-electron chi connectivity index (χ0n) is 12.0. The highest BCUT2D eigenvalue weighted by molar-refractivity contribution is 9.28. The molecule has 0 N–H and O–H groups in total. The Balaban J connectivity index is 1.81. The first-order valence-electron chi connectivity index (χ1n) is 6.38. The van der Waals surface area contributed by atoms with Gasteiger partial charge in [0.25, 0.3) is 0 Å². The van der Waals surface area contributed by atoms with Gasteiger partial charge in [0.15, 0.2) is 0 Å². The van der Waals surface area contributed by atoms with Crippen LogP contribution in [0.15, 0.2) is 48.5 Å². The topological polar surface area (TPSA) is 52.6 Å². The van der Waals surface area contributed by atoms with Crippen LogP contribution in [0.1, 0.15) is 0 Å². The van der Waals surface area contributed by atoms with E-state index < -0.39 is 32.7 Å². The Bertz CT molecular complexity index is 643. The SMILES string of the molecule is COc1ccc(P2S(=O)P(c3ccc(OC)cc3)S2=O)cc1. The number of rotatable bonds is 4. The highest BCUT2D eigenvalue weighted by Gasteiger charge is 2.49. The molecular weight excluding hydrogens is 358 g/mol. The van der Waals surface area contributed by atoms with Gasteiger partial charge >= 0.3 is 0 Å². The van der Waals surface area contributed by atoms with E-state index in [9.17, 15) is 8.42 Å². The third kappa shape index (κ3) is 2.85. The van der Waals surface area contributed by atoms with E-state index in [1.165, 1.54) is 0 Å². The van der Waals surface area contributed by atoms with Gasteiger partial charge in [-0.15, -0.1) is 0 Å². The molecule has 1 aliphatic heterocycles. The first-order chi connectivity index (χ1) is 10.7. The van der Waals surface area contributed by atoms with Gasteiger partial charge in [0.2, 0.25) is 0 Å². The van der Waals surface area contributed by atoms with Gasteiger partial charge in [0.05, 0.1) is 14.2 Å². The second kappa shape index (κ2) is 6.76. The van der Waals surface area contributed by atoms with Gasteiger partial charge in [0.1, 0.15) is 44.2 Å². The van der Waals surface area contributed by atoms with E-state index in [1.807, 2.05) is 48.5 Å². The zero-order chi connectivity index (χ0) is 15.7. The number of ether oxygens (including phenoxy) is 2. The average Bonchev–Trinajstić information content (AvgIpc) is 2.56. The summed E-state index contributed by atoms with van der Waals surface area (Å²) < 4.78 is 35.4. The molecule has 1 saturated heterocycles. The molecule has 1 aliphatic rings. The number of hydrogen-bond acceptors (Lipinski definition) is 4. The molecule has 0 aliphatic carbocycles. The second-order valence-corrected chi connectivity index (χ2v) is 18.8. The molecule has 1 fully saturated rings. The van der Waals surface area contributed by atoms with Crippen molar-refractivity contribution in [2.45, 2.75) is 0 Å². The molecule has 22 heavy (non-hydrogen) atoms. The normalized spacial score (nSPS) is 27.0. The maximum Gasteiger partial charge on any atom is 0.124 e. The molecule has 4 nitrogen and oxygen atoms in total. The first-order valence-corrected chi connectivity index (χ1v) is 13.8. The molecular formula is C14H14O4P2S2. The van der Waals surface area contributed by atoms with Crippen LogP contribution in [-0.4, -0.2) is 22.6 Å². The van der Waals surface area contributed by atoms with Crippen LogP contribution in [0.4, 0.5) is 0 Å². The Morgan fingerprint density at radius 3 is 1.27 bits per heavy atom. The van der Waals surface area contributed by atoms with Crippen LogP contribution in [0.5, 0.6) is 11.5 Å². The highest BCUT2D eigenvalue weighted by Crippen LogP contribution is 2.77. The number of methoxy groups -OCH3 is 2. The van der Waals surface area contributed by atoms with Crippen LogP contribution >= 0.6 is 12.7 Å². The number of benzene rings is 2. The molecule has 0 bridgehead atoms. The molecule has 0 spiro atoms. The van der Waals surface area contributed by atoms with Gasteiger partial charge in [-0.25, -0.2) is 8.42 Å². The lowest BCUT2D eigenvalue weighted by atomic mass is 10.3. The van der Waals surface area contributed by atoms with Crippen LogP contribution in [0, 0.1) is 0 Å². The van der Waals surface area contributed by atoms with Gasteiger partial charge in [0, 0.05) is 10.6 Å². The second-order valence-electron chi connectivity index (χ2n) is 4.37. The lowest BCUT2D eigenvalue weighted by Gasteiger charge is -2.33. The van der Waals surface area contributed by atoms with Crippen molar-refractivity contribution in [3.63, 3.8) is 0 Å². The largest absolute Gasteiger partial charge is 0.497 e. The van der Waals surface area contributed by atoms with Crippen molar-refractivity contribution in [2.24, 2.45) is 0 Å². The minimum absolute atomic E-state index is 0.744. The molecule has 3 rings (SSSR count). The quantitative estimate of drug-likeness (QED) is 0.775. The molecule has 0 unspecified atom stereocenters. The fourth-order valence-corrected chi connectivity index (χ4v) is 24.6. The van der Waals surface area contributed by atoms with Crippen LogP contribution in [0.3, 0.4) is 0 Å². The Morgan fingerprint density at radius 1 is 0.682 bits per heavy atom. The van der Waals surface area contributed by atoms with Crippen molar-refractivity contribution < 1.29 is 17.9 Å². The molecule has 1 heterocycles. The fraction of sp³-hybridized carbons (Fsp3) is 0.143. The molecule has 2 aromatic rings. The van der Waals surface area contributed by atoms with E-state index in [0.29, 0.717) is 0 Å². The summed E-state index contributed by atoms with van der Waals surface area (Å²) in [6, 6.07) is 14.7. The summed E-state index contributed by atoms with van der Waals surface area (Å²) in [6.07, 6.45) is -2.24. The molecule has 0 amide bonds. The van der Waals surface area contributed by atoms with E-state index >= 15 is 0 Å². The van der Waals surface area contributed by atoms with Crippen molar-refractivity contribution >= 4 is 43.3 Å². The molecule has 0 saturated carbocycles. The molecule has 116 valence electrons. The van der Waals surface area contributed by atoms with Crippen molar-refractivity contribution in [1.82, 2.24) is 0 Å². The van der Waals surface area contributed by atoms with Crippen molar-refractivity contribution in [2.75, 3.05) is 14.2 Å². The van der Waals surface area contributed by atoms with Crippen molar-refractivity contribution in [3.8, 4) is 11.5 Å². The summed E-state index contributed by atoms with van der Waals surface area (Å²) in [5.41, 5.74) is 0. The summed E-state index contributed by atoms with van der Waals surface area (Å²) in [4.78, 5) is 0. The van der Waals surface area contributed by atoms with Crippen LogP contribution in [-0.2, 0) is 20.1 Å². The van der Waals surface area contributed by atoms with E-state index in [-0.39, 0.29) is 0 Å². The van der Waals surface area contributed by atoms with Crippen molar-refractivity contribution in [1.29, 1.82) is 0 Å². The standard InChI is InChI=1S/C14H14O4P2S2/c1-17-11-3-7-13(8-4-11)19-21(15)20(22(19)16)14-9-5-12(18-2)6-10-14/h3-10H,1-2H3.